The minimum atomic E-state index is -1.30. The average Bonchev–Trinajstić information content (AvgIpc) is 2.45. The van der Waals surface area contributed by atoms with E-state index in [1.165, 1.54) is 0 Å². The molecule has 0 heterocycles. The predicted molar refractivity (Wildman–Crippen MR) is 74.3 cm³/mol. The van der Waals surface area contributed by atoms with Crippen molar-refractivity contribution in [2.75, 3.05) is 5.32 Å². The Bertz CT molecular complexity index is 545. The van der Waals surface area contributed by atoms with Gasteiger partial charge in [-0.15, -0.1) is 0 Å². The van der Waals surface area contributed by atoms with Crippen LogP contribution in [0.25, 0.3) is 0 Å². The van der Waals surface area contributed by atoms with Gasteiger partial charge < -0.3 is 15.7 Å². The van der Waals surface area contributed by atoms with E-state index in [0.29, 0.717) is 11.3 Å². The number of carboxylic acids is 1. The quantitative estimate of drug-likeness (QED) is 0.767. The van der Waals surface area contributed by atoms with Crippen LogP contribution in [0.15, 0.2) is 24.3 Å². The van der Waals surface area contributed by atoms with Crippen molar-refractivity contribution >= 4 is 17.7 Å². The molecule has 20 heavy (non-hydrogen) atoms. The third kappa shape index (κ3) is 3.26. The van der Waals surface area contributed by atoms with Crippen molar-refractivity contribution in [2.45, 2.75) is 32.2 Å². The first-order valence-corrected chi connectivity index (χ1v) is 6.30. The van der Waals surface area contributed by atoms with Crippen molar-refractivity contribution in [3.63, 3.8) is 0 Å². The van der Waals surface area contributed by atoms with E-state index in [0.717, 1.165) is 0 Å². The lowest BCUT2D eigenvalue weighted by Crippen LogP contribution is -2.55. The summed E-state index contributed by atoms with van der Waals surface area (Å²) in [4.78, 5) is 23.2. The van der Waals surface area contributed by atoms with Gasteiger partial charge in [0, 0.05) is 0 Å². The number of benzene rings is 1. The molecule has 1 aromatic carbocycles. The third-order valence-electron chi connectivity index (χ3n) is 3.27. The first kappa shape index (κ1) is 15.5. The molecule has 6 heteroatoms. The highest BCUT2D eigenvalue weighted by atomic mass is 16.4. The summed E-state index contributed by atoms with van der Waals surface area (Å²) in [5.74, 6) is -1.08. The van der Waals surface area contributed by atoms with Crippen LogP contribution in [-0.4, -0.2) is 22.6 Å². The fraction of sp³-hybridized carbons (Fsp3) is 0.357. The highest BCUT2D eigenvalue weighted by Gasteiger charge is 2.36. The number of rotatable bonds is 5. The molecule has 1 rings (SSSR count). The summed E-state index contributed by atoms with van der Waals surface area (Å²) in [5, 5.41) is 23.1. The van der Waals surface area contributed by atoms with Gasteiger partial charge in [-0.3, -0.25) is 0 Å². The van der Waals surface area contributed by atoms with Gasteiger partial charge in [-0.05, 0) is 25.0 Å². The van der Waals surface area contributed by atoms with E-state index in [1.54, 1.807) is 38.1 Å². The van der Waals surface area contributed by atoms with Crippen molar-refractivity contribution in [2.24, 2.45) is 0 Å². The van der Waals surface area contributed by atoms with Crippen molar-refractivity contribution in [3.8, 4) is 6.07 Å². The lowest BCUT2D eigenvalue weighted by Gasteiger charge is -2.28. The SMILES string of the molecule is CCC(CC)(NC(=O)Nc1ccccc1C#N)C(=O)O. The fourth-order valence-corrected chi connectivity index (χ4v) is 1.84. The second kappa shape index (κ2) is 6.57. The number of nitrogens with one attached hydrogen (secondary N) is 2. The van der Waals surface area contributed by atoms with Crippen LogP contribution in [0.5, 0.6) is 0 Å². The van der Waals surface area contributed by atoms with Crippen LogP contribution in [0, 0.1) is 11.3 Å². The summed E-state index contributed by atoms with van der Waals surface area (Å²) in [7, 11) is 0. The van der Waals surface area contributed by atoms with Crippen LogP contribution in [0.2, 0.25) is 0 Å². The molecule has 0 aliphatic carbocycles. The molecule has 0 bridgehead atoms. The topological polar surface area (TPSA) is 102 Å². The average molecular weight is 275 g/mol. The number of hydrogen-bond acceptors (Lipinski definition) is 3. The lowest BCUT2D eigenvalue weighted by molar-refractivity contribution is -0.144. The van der Waals surface area contributed by atoms with Crippen LogP contribution in [0.1, 0.15) is 32.3 Å². The number of nitrogens with zero attached hydrogens (tertiary/aromatic N) is 1. The highest BCUT2D eigenvalue weighted by Crippen LogP contribution is 2.17. The Hall–Kier alpha value is -2.55. The number of amides is 2. The van der Waals surface area contributed by atoms with E-state index in [-0.39, 0.29) is 12.8 Å². The first-order chi connectivity index (χ1) is 9.49. The molecule has 0 aliphatic rings. The van der Waals surface area contributed by atoms with Crippen molar-refractivity contribution in [1.29, 1.82) is 5.26 Å². The number of aliphatic carboxylic acids is 1. The molecule has 0 atom stereocenters. The van der Waals surface area contributed by atoms with Crippen molar-refractivity contribution in [3.05, 3.63) is 29.8 Å². The molecular formula is C14H17N3O3. The summed E-state index contributed by atoms with van der Waals surface area (Å²) in [5.41, 5.74) is -0.637. The molecule has 0 fully saturated rings. The number of carbonyl (C=O) groups is 2. The summed E-state index contributed by atoms with van der Waals surface area (Å²) in [6.07, 6.45) is 0.540. The Morgan fingerprint density at radius 1 is 1.30 bits per heavy atom. The minimum Gasteiger partial charge on any atom is -0.480 e. The van der Waals surface area contributed by atoms with E-state index < -0.39 is 17.5 Å². The van der Waals surface area contributed by atoms with E-state index in [4.69, 9.17) is 5.26 Å². The lowest BCUT2D eigenvalue weighted by atomic mass is 9.93. The van der Waals surface area contributed by atoms with Gasteiger partial charge >= 0.3 is 12.0 Å². The maximum atomic E-state index is 11.9. The highest BCUT2D eigenvalue weighted by molar-refractivity contribution is 5.94. The van der Waals surface area contributed by atoms with Crippen molar-refractivity contribution < 1.29 is 14.7 Å². The zero-order valence-corrected chi connectivity index (χ0v) is 11.4. The van der Waals surface area contributed by atoms with Crippen LogP contribution < -0.4 is 10.6 Å². The van der Waals surface area contributed by atoms with E-state index in [2.05, 4.69) is 10.6 Å². The Labute approximate surface area is 117 Å². The Morgan fingerprint density at radius 2 is 1.90 bits per heavy atom. The van der Waals surface area contributed by atoms with Gasteiger partial charge in [0.2, 0.25) is 0 Å². The number of carbonyl (C=O) groups excluding carboxylic acids is 1. The van der Waals surface area contributed by atoms with Gasteiger partial charge in [-0.25, -0.2) is 9.59 Å². The van der Waals surface area contributed by atoms with Gasteiger partial charge in [0.25, 0.3) is 0 Å². The van der Waals surface area contributed by atoms with Crippen LogP contribution in [-0.2, 0) is 4.79 Å². The summed E-state index contributed by atoms with van der Waals surface area (Å²) >= 11 is 0. The van der Waals surface area contributed by atoms with Gasteiger partial charge in [-0.1, -0.05) is 26.0 Å². The summed E-state index contributed by atoms with van der Waals surface area (Å²) in [6.45, 7) is 3.39. The van der Waals surface area contributed by atoms with Crippen molar-refractivity contribution in [1.82, 2.24) is 5.32 Å². The Morgan fingerprint density at radius 3 is 2.40 bits per heavy atom. The van der Waals surface area contributed by atoms with Crippen LogP contribution >= 0.6 is 0 Å². The third-order valence-corrected chi connectivity index (χ3v) is 3.27. The standard InChI is InChI=1S/C14H17N3O3/c1-3-14(4-2,12(18)19)17-13(20)16-11-8-6-5-7-10(11)9-15/h5-8H,3-4H2,1-2H3,(H,18,19)(H2,16,17,20). The summed E-state index contributed by atoms with van der Waals surface area (Å²) in [6, 6.07) is 7.83. The maximum Gasteiger partial charge on any atom is 0.329 e. The molecule has 0 unspecified atom stereocenters. The monoisotopic (exact) mass is 275 g/mol. The molecule has 0 aromatic heterocycles. The number of hydrogen-bond donors (Lipinski definition) is 3. The smallest absolute Gasteiger partial charge is 0.329 e. The van der Waals surface area contributed by atoms with E-state index in [9.17, 15) is 14.7 Å². The molecule has 0 aliphatic heterocycles. The van der Waals surface area contributed by atoms with E-state index >= 15 is 0 Å². The fourth-order valence-electron chi connectivity index (χ4n) is 1.84. The second-order valence-electron chi connectivity index (χ2n) is 4.33. The molecule has 1 aromatic rings. The zero-order valence-electron chi connectivity index (χ0n) is 11.4. The number of carboxylic acid groups (broad SMARTS) is 1. The van der Waals surface area contributed by atoms with Gasteiger partial charge in [0.15, 0.2) is 0 Å². The number of anilines is 1. The first-order valence-electron chi connectivity index (χ1n) is 6.30. The molecule has 2 amide bonds. The molecule has 6 nitrogen and oxygen atoms in total. The Balaban J connectivity index is 2.87. The number of nitriles is 1. The number of para-hydroxylation sites is 1. The second-order valence-corrected chi connectivity index (χ2v) is 4.33. The number of urea groups is 1. The molecular weight excluding hydrogens is 258 g/mol. The van der Waals surface area contributed by atoms with Gasteiger partial charge in [-0.2, -0.15) is 5.26 Å². The molecule has 3 N–H and O–H groups in total. The van der Waals surface area contributed by atoms with Gasteiger partial charge in [0.1, 0.15) is 11.6 Å². The molecule has 0 saturated carbocycles. The molecule has 0 saturated heterocycles. The Kier molecular flexibility index (Phi) is 5.09. The molecule has 0 radical (unpaired) electrons. The summed E-state index contributed by atoms with van der Waals surface area (Å²) < 4.78 is 0. The zero-order chi connectivity index (χ0) is 15.2. The molecule has 0 spiro atoms. The normalized spacial score (nSPS) is 10.4. The largest absolute Gasteiger partial charge is 0.480 e. The maximum absolute atomic E-state index is 11.9. The van der Waals surface area contributed by atoms with Crippen LogP contribution in [0.4, 0.5) is 10.5 Å². The van der Waals surface area contributed by atoms with E-state index in [1.807, 2.05) is 6.07 Å². The van der Waals surface area contributed by atoms with Crippen LogP contribution in [0.3, 0.4) is 0 Å². The minimum absolute atomic E-state index is 0.270. The van der Waals surface area contributed by atoms with Gasteiger partial charge in [0.05, 0.1) is 11.3 Å². The molecule has 106 valence electrons. The predicted octanol–water partition coefficient (Wildman–Crippen LogP) is 2.32.